The van der Waals surface area contributed by atoms with Gasteiger partial charge in [-0.3, -0.25) is 4.79 Å². The van der Waals surface area contributed by atoms with E-state index in [9.17, 15) is 4.79 Å². The van der Waals surface area contributed by atoms with E-state index in [0.717, 1.165) is 23.4 Å². The van der Waals surface area contributed by atoms with Crippen molar-refractivity contribution in [2.45, 2.75) is 32.6 Å². The van der Waals surface area contributed by atoms with Gasteiger partial charge in [0.15, 0.2) is 0 Å². The van der Waals surface area contributed by atoms with E-state index >= 15 is 0 Å². The van der Waals surface area contributed by atoms with E-state index in [1.807, 2.05) is 49.1 Å². The maximum atomic E-state index is 11.8. The van der Waals surface area contributed by atoms with Gasteiger partial charge in [-0.1, -0.05) is 5.16 Å². The molecule has 1 aliphatic rings. The second-order valence-electron chi connectivity index (χ2n) is 6.79. The molecule has 0 aliphatic carbocycles. The molecule has 1 amide bonds. The third-order valence-corrected chi connectivity index (χ3v) is 4.90. The molecular formula is C19H22N6O2. The molecular weight excluding hydrogens is 344 g/mol. The molecule has 4 rings (SSSR count). The van der Waals surface area contributed by atoms with E-state index in [1.165, 1.54) is 0 Å². The van der Waals surface area contributed by atoms with Crippen LogP contribution in [-0.4, -0.2) is 43.8 Å². The number of piperidine rings is 1. The number of hydrogen-bond donors (Lipinski definition) is 1. The quantitative estimate of drug-likeness (QED) is 0.761. The summed E-state index contributed by atoms with van der Waals surface area (Å²) < 4.78 is 7.18. The maximum absolute atomic E-state index is 11.8. The molecule has 3 heterocycles. The molecule has 1 saturated heterocycles. The lowest BCUT2D eigenvalue weighted by molar-refractivity contribution is -0.133. The summed E-state index contributed by atoms with van der Waals surface area (Å²) in [7, 11) is 0. The molecule has 140 valence electrons. The van der Waals surface area contributed by atoms with Crippen molar-refractivity contribution in [3.05, 3.63) is 41.9 Å². The van der Waals surface area contributed by atoms with Crippen molar-refractivity contribution in [3.63, 3.8) is 0 Å². The van der Waals surface area contributed by atoms with Gasteiger partial charge in [-0.2, -0.15) is 10.1 Å². The molecule has 1 fully saturated rings. The van der Waals surface area contributed by atoms with Crippen LogP contribution in [0.1, 0.15) is 37.3 Å². The highest BCUT2D eigenvalue weighted by molar-refractivity contribution is 5.77. The van der Waals surface area contributed by atoms with Gasteiger partial charge in [-0.15, -0.1) is 0 Å². The molecule has 2 aromatic heterocycles. The van der Waals surface area contributed by atoms with E-state index in [2.05, 4.69) is 15.2 Å². The molecule has 0 saturated carbocycles. The van der Waals surface area contributed by atoms with E-state index in [-0.39, 0.29) is 11.8 Å². The summed E-state index contributed by atoms with van der Waals surface area (Å²) in [6.45, 7) is 5.22. The van der Waals surface area contributed by atoms with E-state index in [1.54, 1.807) is 4.68 Å². The minimum absolute atomic E-state index is 0.0926. The molecule has 2 N–H and O–H groups in total. The Bertz CT molecular complexity index is 959. The molecule has 0 spiro atoms. The van der Waals surface area contributed by atoms with Crippen molar-refractivity contribution < 1.29 is 9.32 Å². The molecule has 8 nitrogen and oxygen atoms in total. The molecule has 1 atom stereocenters. The first-order valence-electron chi connectivity index (χ1n) is 9.09. The van der Waals surface area contributed by atoms with Crippen molar-refractivity contribution in [2.24, 2.45) is 0 Å². The van der Waals surface area contributed by atoms with Crippen LogP contribution in [0.4, 0.5) is 5.82 Å². The Morgan fingerprint density at radius 3 is 2.74 bits per heavy atom. The van der Waals surface area contributed by atoms with Crippen LogP contribution in [0.3, 0.4) is 0 Å². The van der Waals surface area contributed by atoms with Crippen molar-refractivity contribution in [1.82, 2.24) is 24.8 Å². The number of carbonyl (C=O) groups is 1. The maximum Gasteiger partial charge on any atom is 0.231 e. The van der Waals surface area contributed by atoms with Crippen LogP contribution in [0.25, 0.3) is 17.1 Å². The first-order chi connectivity index (χ1) is 13.0. The molecule has 8 heteroatoms. The van der Waals surface area contributed by atoms with E-state index in [4.69, 9.17) is 10.3 Å². The Hall–Kier alpha value is -3.16. The number of nitrogens with zero attached hydrogens (tertiary/aromatic N) is 5. The lowest BCUT2D eigenvalue weighted by Gasteiger charge is -2.29. The summed E-state index contributed by atoms with van der Waals surface area (Å²) in [5, 5.41) is 8.50. The van der Waals surface area contributed by atoms with Crippen molar-refractivity contribution >= 4 is 11.7 Å². The smallest absolute Gasteiger partial charge is 0.231 e. The van der Waals surface area contributed by atoms with Gasteiger partial charge in [0.2, 0.25) is 17.6 Å². The fourth-order valence-electron chi connectivity index (χ4n) is 3.42. The predicted molar refractivity (Wildman–Crippen MR) is 100 cm³/mol. The van der Waals surface area contributed by atoms with Gasteiger partial charge < -0.3 is 15.2 Å². The fourth-order valence-corrected chi connectivity index (χ4v) is 3.42. The number of benzene rings is 1. The molecule has 27 heavy (non-hydrogen) atoms. The fraction of sp³-hybridized carbons (Fsp3) is 0.368. The molecule has 0 bridgehead atoms. The summed E-state index contributed by atoms with van der Waals surface area (Å²) in [5.41, 5.74) is 8.57. The van der Waals surface area contributed by atoms with Gasteiger partial charge in [-0.25, -0.2) is 4.68 Å². The van der Waals surface area contributed by atoms with Crippen LogP contribution >= 0.6 is 0 Å². The zero-order valence-electron chi connectivity index (χ0n) is 15.4. The minimum atomic E-state index is 0.0926. The third-order valence-electron chi connectivity index (χ3n) is 4.90. The molecule has 1 aliphatic heterocycles. The summed E-state index contributed by atoms with van der Waals surface area (Å²) in [6.07, 6.45) is 1.27. The number of hydrogen-bond acceptors (Lipinski definition) is 6. The van der Waals surface area contributed by atoms with Gasteiger partial charge in [0.25, 0.3) is 0 Å². The summed E-state index contributed by atoms with van der Waals surface area (Å²) in [5.74, 6) is 2.01. The number of rotatable bonds is 4. The number of amides is 1. The van der Waals surface area contributed by atoms with Crippen LogP contribution in [0, 0.1) is 6.92 Å². The predicted octanol–water partition coefficient (Wildman–Crippen LogP) is 2.54. The van der Waals surface area contributed by atoms with Crippen LogP contribution in [-0.2, 0) is 4.79 Å². The number of likely N-dealkylation sites (tertiary alicyclic amines) is 1. The summed E-state index contributed by atoms with van der Waals surface area (Å²) in [6, 6.07) is 9.51. The average Bonchev–Trinajstić information content (AvgIpc) is 3.29. The molecule has 3 aromatic rings. The molecule has 0 unspecified atom stereocenters. The Morgan fingerprint density at radius 2 is 2.07 bits per heavy atom. The van der Waals surface area contributed by atoms with Gasteiger partial charge in [-0.05, 0) is 44.5 Å². The molecule has 1 aromatic carbocycles. The first-order valence-corrected chi connectivity index (χ1v) is 9.09. The van der Waals surface area contributed by atoms with Crippen molar-refractivity contribution in [1.29, 1.82) is 0 Å². The van der Waals surface area contributed by atoms with Crippen LogP contribution in [0.5, 0.6) is 0 Å². The Labute approximate surface area is 157 Å². The summed E-state index contributed by atoms with van der Waals surface area (Å²) in [4.78, 5) is 18.2. The number of aromatic nitrogens is 4. The van der Waals surface area contributed by atoms with Gasteiger partial charge >= 0.3 is 0 Å². The number of likely N-dealkylation sites (N-methyl/N-ethyl adjacent to an activating group) is 1. The van der Waals surface area contributed by atoms with Crippen molar-refractivity contribution in [3.8, 4) is 17.1 Å². The lowest BCUT2D eigenvalue weighted by atomic mass is 9.97. The highest BCUT2D eigenvalue weighted by Crippen LogP contribution is 2.28. The van der Waals surface area contributed by atoms with Crippen LogP contribution in [0.2, 0.25) is 0 Å². The number of aryl methyl sites for hydroxylation is 1. The van der Waals surface area contributed by atoms with E-state index < -0.39 is 0 Å². The minimum Gasteiger partial charge on any atom is -0.384 e. The SMILES string of the molecule is CCN1C[C@@H](c2nc(-c3ccc(-n4nc(C)cc4N)cc3)no2)CCC1=O. The van der Waals surface area contributed by atoms with Gasteiger partial charge in [0.1, 0.15) is 5.82 Å². The van der Waals surface area contributed by atoms with Crippen molar-refractivity contribution in [2.75, 3.05) is 18.8 Å². The highest BCUT2D eigenvalue weighted by Gasteiger charge is 2.29. The number of carbonyl (C=O) groups excluding carboxylic acids is 1. The lowest BCUT2D eigenvalue weighted by Crippen LogP contribution is -2.38. The Morgan fingerprint density at radius 1 is 1.30 bits per heavy atom. The Balaban J connectivity index is 1.53. The van der Waals surface area contributed by atoms with Crippen LogP contribution in [0.15, 0.2) is 34.9 Å². The third kappa shape index (κ3) is 3.30. The standard InChI is InChI=1S/C19H22N6O2/c1-3-24-11-14(6-9-17(24)26)19-21-18(23-27-19)13-4-7-15(8-5-13)25-16(20)10-12(2)22-25/h4-5,7-8,10,14H,3,6,9,11,20H2,1-2H3/t14-/m0/s1. The molecule has 0 radical (unpaired) electrons. The summed E-state index contributed by atoms with van der Waals surface area (Å²) >= 11 is 0. The largest absolute Gasteiger partial charge is 0.384 e. The second kappa shape index (κ2) is 6.86. The zero-order valence-corrected chi connectivity index (χ0v) is 15.4. The zero-order chi connectivity index (χ0) is 19.0. The van der Waals surface area contributed by atoms with E-state index in [0.29, 0.717) is 37.0 Å². The topological polar surface area (TPSA) is 103 Å². The monoisotopic (exact) mass is 366 g/mol. The second-order valence-corrected chi connectivity index (χ2v) is 6.79. The highest BCUT2D eigenvalue weighted by atomic mass is 16.5. The van der Waals surface area contributed by atoms with Gasteiger partial charge in [0.05, 0.1) is 17.3 Å². The Kier molecular flexibility index (Phi) is 4.39. The van der Waals surface area contributed by atoms with Gasteiger partial charge in [0, 0.05) is 31.1 Å². The number of anilines is 1. The number of nitrogen functional groups attached to an aromatic ring is 1. The van der Waals surface area contributed by atoms with Crippen LogP contribution < -0.4 is 5.73 Å². The average molecular weight is 366 g/mol. The normalized spacial score (nSPS) is 17.5. The number of nitrogens with two attached hydrogens (primary N) is 1. The first kappa shape index (κ1) is 17.3.